The highest BCUT2D eigenvalue weighted by Crippen LogP contribution is 2.33. The van der Waals surface area contributed by atoms with Crippen LogP contribution in [0.25, 0.3) is 22.1 Å². The molecule has 0 spiro atoms. The molecule has 9 heteroatoms. The average Bonchev–Trinajstić information content (AvgIpc) is 3.36. The van der Waals surface area contributed by atoms with Crippen LogP contribution < -0.4 is 15.0 Å². The number of nitrogens with zero attached hydrogens (tertiary/aromatic N) is 5. The van der Waals surface area contributed by atoms with Gasteiger partial charge in [0.25, 0.3) is 0 Å². The van der Waals surface area contributed by atoms with E-state index < -0.39 is 0 Å². The number of anilines is 2. The molecule has 0 amide bonds. The number of aromatic nitrogens is 4. The molecule has 0 radical (unpaired) electrons. The summed E-state index contributed by atoms with van der Waals surface area (Å²) in [6, 6.07) is 6.38. The molecule has 1 saturated heterocycles. The van der Waals surface area contributed by atoms with Gasteiger partial charge in [0.2, 0.25) is 0 Å². The van der Waals surface area contributed by atoms with E-state index in [1.165, 1.54) is 0 Å². The maximum Gasteiger partial charge on any atom is 0.194 e. The topological polar surface area (TPSA) is 98.4 Å². The summed E-state index contributed by atoms with van der Waals surface area (Å²) >= 11 is 0. The van der Waals surface area contributed by atoms with Gasteiger partial charge in [-0.15, -0.1) is 0 Å². The molecular formula is C24H26N6O3. The van der Waals surface area contributed by atoms with Crippen LogP contribution in [-0.4, -0.2) is 58.4 Å². The Bertz CT molecular complexity index is 1250. The van der Waals surface area contributed by atoms with Crippen molar-refractivity contribution in [1.82, 2.24) is 19.9 Å². The van der Waals surface area contributed by atoms with Gasteiger partial charge in [0.1, 0.15) is 23.1 Å². The third-order valence-corrected chi connectivity index (χ3v) is 6.45. The molecular weight excluding hydrogens is 420 g/mol. The number of morpholine rings is 1. The first-order valence-corrected chi connectivity index (χ1v) is 11.5. The summed E-state index contributed by atoms with van der Waals surface area (Å²) < 4.78 is 17.6. The van der Waals surface area contributed by atoms with Crippen molar-refractivity contribution >= 4 is 33.6 Å². The van der Waals surface area contributed by atoms with Crippen LogP contribution >= 0.6 is 0 Å². The number of furan rings is 1. The van der Waals surface area contributed by atoms with Gasteiger partial charge < -0.3 is 24.1 Å². The Balaban J connectivity index is 1.16. The van der Waals surface area contributed by atoms with Crippen LogP contribution in [0.15, 0.2) is 47.6 Å². The number of rotatable bonds is 5. The quantitative estimate of drug-likeness (QED) is 0.491. The molecule has 9 nitrogen and oxygen atoms in total. The van der Waals surface area contributed by atoms with Crippen molar-refractivity contribution in [2.24, 2.45) is 0 Å². The van der Waals surface area contributed by atoms with E-state index >= 15 is 0 Å². The van der Waals surface area contributed by atoms with Crippen molar-refractivity contribution in [3.05, 3.63) is 43.2 Å². The van der Waals surface area contributed by atoms with Crippen molar-refractivity contribution in [2.45, 2.75) is 37.8 Å². The molecule has 1 aliphatic carbocycles. The molecule has 4 heterocycles. The normalized spacial score (nSPS) is 21.4. The maximum absolute atomic E-state index is 6.52. The van der Waals surface area contributed by atoms with Gasteiger partial charge in [0, 0.05) is 49.3 Å². The summed E-state index contributed by atoms with van der Waals surface area (Å²) in [7, 11) is 0. The monoisotopic (exact) mass is 446 g/mol. The van der Waals surface area contributed by atoms with Crippen molar-refractivity contribution < 1.29 is 13.9 Å². The van der Waals surface area contributed by atoms with E-state index in [9.17, 15) is 0 Å². The Kier molecular flexibility index (Phi) is 5.39. The summed E-state index contributed by atoms with van der Waals surface area (Å²) in [4.78, 5) is 20.0. The van der Waals surface area contributed by atoms with Gasteiger partial charge in [-0.2, -0.15) is 0 Å². The predicted molar refractivity (Wildman–Crippen MR) is 125 cm³/mol. The zero-order chi connectivity index (χ0) is 22.0. The average molecular weight is 447 g/mol. The molecule has 4 aromatic rings. The maximum atomic E-state index is 6.52. The van der Waals surface area contributed by atoms with Crippen molar-refractivity contribution in [2.75, 3.05) is 36.5 Å². The predicted octanol–water partition coefficient (Wildman–Crippen LogP) is 3.80. The van der Waals surface area contributed by atoms with E-state index in [0.717, 1.165) is 85.8 Å². The zero-order valence-corrected chi connectivity index (χ0v) is 18.3. The fourth-order valence-electron chi connectivity index (χ4n) is 4.71. The largest absolute Gasteiger partial charge is 0.488 e. The van der Waals surface area contributed by atoms with Gasteiger partial charge in [0.15, 0.2) is 11.4 Å². The summed E-state index contributed by atoms with van der Waals surface area (Å²) in [6.07, 6.45) is 10.7. The van der Waals surface area contributed by atoms with E-state index in [2.05, 4.69) is 42.3 Å². The van der Waals surface area contributed by atoms with Crippen LogP contribution in [0.1, 0.15) is 25.7 Å². The molecule has 0 unspecified atom stereocenters. The molecule has 2 aliphatic rings. The molecule has 3 aromatic heterocycles. The summed E-state index contributed by atoms with van der Waals surface area (Å²) in [5, 5.41) is 3.53. The summed E-state index contributed by atoms with van der Waals surface area (Å²) in [5.41, 5.74) is 4.32. The number of fused-ring (bicyclic) bond motifs is 2. The first kappa shape index (κ1) is 20.2. The highest BCUT2D eigenvalue weighted by atomic mass is 16.5. The molecule has 0 atom stereocenters. The molecule has 1 N–H and O–H groups in total. The Hall–Kier alpha value is -3.46. The number of hydrogen-bond donors (Lipinski definition) is 1. The minimum atomic E-state index is 0.141. The Morgan fingerprint density at radius 3 is 2.67 bits per heavy atom. The highest BCUT2D eigenvalue weighted by molar-refractivity contribution is 5.85. The van der Waals surface area contributed by atoms with Crippen LogP contribution in [0, 0.1) is 0 Å². The standard InChI is InChI=1S/C24H26N6O3/c1-3-18(4-2-16(1)29-24-23-19(5-10-32-23)27-15-28-24)33-21-14-17(30-8-11-31-12-9-30)13-20-22(21)26-7-6-25-20/h5-7,10,13-16,18H,1-4,8-9,11-12H2,(H,27,28,29). The molecule has 1 saturated carbocycles. The van der Waals surface area contributed by atoms with Gasteiger partial charge >= 0.3 is 0 Å². The number of nitrogens with one attached hydrogen (secondary N) is 1. The second-order valence-electron chi connectivity index (χ2n) is 8.56. The molecule has 1 aliphatic heterocycles. The molecule has 6 rings (SSSR count). The van der Waals surface area contributed by atoms with Gasteiger partial charge in [-0.25, -0.2) is 15.0 Å². The minimum Gasteiger partial charge on any atom is -0.488 e. The van der Waals surface area contributed by atoms with Gasteiger partial charge in [0.05, 0.1) is 31.1 Å². The summed E-state index contributed by atoms with van der Waals surface area (Å²) in [6.45, 7) is 3.21. The summed E-state index contributed by atoms with van der Waals surface area (Å²) in [5.74, 6) is 1.57. The van der Waals surface area contributed by atoms with Crippen molar-refractivity contribution in [3.8, 4) is 5.75 Å². The smallest absolute Gasteiger partial charge is 0.194 e. The number of hydrogen-bond acceptors (Lipinski definition) is 9. The van der Waals surface area contributed by atoms with E-state index in [0.29, 0.717) is 11.6 Å². The van der Waals surface area contributed by atoms with Crippen LogP contribution in [0.4, 0.5) is 11.5 Å². The third kappa shape index (κ3) is 4.16. The minimum absolute atomic E-state index is 0.141. The fraction of sp³-hybridized carbons (Fsp3) is 0.417. The first-order chi connectivity index (χ1) is 16.3. The number of benzene rings is 1. The Morgan fingerprint density at radius 2 is 1.79 bits per heavy atom. The van der Waals surface area contributed by atoms with Gasteiger partial charge in [-0.3, -0.25) is 4.98 Å². The highest BCUT2D eigenvalue weighted by Gasteiger charge is 2.25. The first-order valence-electron chi connectivity index (χ1n) is 11.5. The molecule has 1 aromatic carbocycles. The van der Waals surface area contributed by atoms with E-state index in [-0.39, 0.29) is 6.10 Å². The van der Waals surface area contributed by atoms with Crippen molar-refractivity contribution in [3.63, 3.8) is 0 Å². The molecule has 0 bridgehead atoms. The van der Waals surface area contributed by atoms with Gasteiger partial charge in [-0.1, -0.05) is 0 Å². The van der Waals surface area contributed by atoms with Crippen molar-refractivity contribution in [1.29, 1.82) is 0 Å². The van der Waals surface area contributed by atoms with Crippen LogP contribution in [-0.2, 0) is 4.74 Å². The Morgan fingerprint density at radius 1 is 0.939 bits per heavy atom. The lowest BCUT2D eigenvalue weighted by Gasteiger charge is -2.31. The van der Waals surface area contributed by atoms with Crippen LogP contribution in [0.3, 0.4) is 0 Å². The SMILES string of the molecule is c1cnc2c(OC3CCC(Nc4ncnc5ccoc45)CC3)cc(N3CCOCC3)cc2n1. The lowest BCUT2D eigenvalue weighted by atomic mass is 9.93. The number of ether oxygens (including phenoxy) is 2. The van der Waals surface area contributed by atoms with Gasteiger partial charge in [-0.05, 0) is 31.7 Å². The fourth-order valence-corrected chi connectivity index (χ4v) is 4.71. The lowest BCUT2D eigenvalue weighted by molar-refractivity contribution is 0.122. The second-order valence-corrected chi connectivity index (χ2v) is 8.56. The van der Waals surface area contributed by atoms with Crippen LogP contribution in [0.2, 0.25) is 0 Å². The second kappa shape index (κ2) is 8.82. The molecule has 33 heavy (non-hydrogen) atoms. The van der Waals surface area contributed by atoms with E-state index in [4.69, 9.17) is 13.9 Å². The zero-order valence-electron chi connectivity index (χ0n) is 18.3. The molecule has 2 fully saturated rings. The Labute approximate surface area is 191 Å². The lowest BCUT2D eigenvalue weighted by Crippen LogP contribution is -2.36. The van der Waals surface area contributed by atoms with Crippen LogP contribution in [0.5, 0.6) is 5.75 Å². The third-order valence-electron chi connectivity index (χ3n) is 6.45. The molecule has 170 valence electrons. The van der Waals surface area contributed by atoms with E-state index in [1.807, 2.05) is 6.07 Å². The van der Waals surface area contributed by atoms with E-state index in [1.54, 1.807) is 25.0 Å².